The van der Waals surface area contributed by atoms with Gasteiger partial charge in [0.2, 0.25) is 5.75 Å². The van der Waals surface area contributed by atoms with Gasteiger partial charge in [0.05, 0.1) is 48.2 Å². The van der Waals surface area contributed by atoms with Crippen LogP contribution in [0.3, 0.4) is 0 Å². The molecule has 2 aliphatic rings. The van der Waals surface area contributed by atoms with Gasteiger partial charge in [-0.05, 0) is 42.8 Å². The molecule has 12 nitrogen and oxygen atoms in total. The maximum absolute atomic E-state index is 13.1. The summed E-state index contributed by atoms with van der Waals surface area (Å²) in [6.45, 7) is 1.81. The molecule has 4 rings (SSSR count). The van der Waals surface area contributed by atoms with E-state index in [1.807, 2.05) is 6.92 Å². The van der Waals surface area contributed by atoms with Crippen LogP contribution >= 0.6 is 0 Å². The van der Waals surface area contributed by atoms with E-state index in [4.69, 9.17) is 33.2 Å². The molecule has 42 heavy (non-hydrogen) atoms. The van der Waals surface area contributed by atoms with Gasteiger partial charge < -0.3 is 38.3 Å². The number of methoxy groups -OCH3 is 5. The number of nitrogens with zero attached hydrogens (tertiary/aromatic N) is 1. The third-order valence-electron chi connectivity index (χ3n) is 8.07. The molecule has 2 N–H and O–H groups in total. The van der Waals surface area contributed by atoms with Crippen molar-refractivity contribution in [2.45, 2.75) is 50.2 Å². The molecule has 0 aliphatic carbocycles. The van der Waals surface area contributed by atoms with Gasteiger partial charge >= 0.3 is 11.9 Å². The SMILES string of the molecule is COc1cc(C(=O)OC2CC3[C@@H](OC(=O)/C=C/c4cc(OC)c(OC)c(OC)c4)[C@@H](O)C(C2)[N@@+]3(C)O)cc(OC)c1C. The summed E-state index contributed by atoms with van der Waals surface area (Å²) in [7, 11) is 9.01. The molecule has 12 heteroatoms. The second-order valence-electron chi connectivity index (χ2n) is 10.4. The van der Waals surface area contributed by atoms with Crippen LogP contribution in [0.15, 0.2) is 30.3 Å². The first-order valence-corrected chi connectivity index (χ1v) is 13.4. The van der Waals surface area contributed by atoms with E-state index in [0.717, 1.165) is 5.56 Å². The van der Waals surface area contributed by atoms with Crippen molar-refractivity contribution in [2.75, 3.05) is 42.6 Å². The number of rotatable bonds is 10. The van der Waals surface area contributed by atoms with Gasteiger partial charge in [0.15, 0.2) is 35.8 Å². The number of benzene rings is 2. The first kappa shape index (κ1) is 30.9. The molecular formula is C30H38NO11+. The third kappa shape index (κ3) is 5.83. The van der Waals surface area contributed by atoms with Crippen molar-refractivity contribution in [3.63, 3.8) is 0 Å². The quantitative estimate of drug-likeness (QED) is 0.241. The topological polar surface area (TPSA) is 139 Å². The second-order valence-corrected chi connectivity index (χ2v) is 10.4. The number of ether oxygens (including phenoxy) is 7. The Kier molecular flexibility index (Phi) is 9.19. The molecule has 6 atom stereocenters. The van der Waals surface area contributed by atoms with Gasteiger partial charge in [-0.15, -0.1) is 0 Å². The van der Waals surface area contributed by atoms with Crippen LogP contribution in [-0.2, 0) is 14.3 Å². The summed E-state index contributed by atoms with van der Waals surface area (Å²) in [5.74, 6) is 0.895. The summed E-state index contributed by atoms with van der Waals surface area (Å²) in [5.41, 5.74) is 1.58. The number of carbonyl (C=O) groups excluding carboxylic acids is 2. The molecule has 2 saturated heterocycles. The molecule has 0 aromatic heterocycles. The number of hydrogen-bond acceptors (Lipinski definition) is 11. The number of piperidine rings is 1. The zero-order chi connectivity index (χ0) is 30.8. The lowest BCUT2D eigenvalue weighted by molar-refractivity contribution is -1.12. The Morgan fingerprint density at radius 1 is 0.833 bits per heavy atom. The van der Waals surface area contributed by atoms with Crippen LogP contribution in [-0.4, -0.2) is 99.9 Å². The molecule has 0 saturated carbocycles. The van der Waals surface area contributed by atoms with Crippen LogP contribution in [0, 0.1) is 6.92 Å². The van der Waals surface area contributed by atoms with E-state index in [1.54, 1.807) is 31.3 Å². The fraction of sp³-hybridized carbons (Fsp3) is 0.467. The Hall–Kier alpha value is -4.00. The monoisotopic (exact) mass is 588 g/mol. The van der Waals surface area contributed by atoms with Crippen LogP contribution in [0.4, 0.5) is 0 Å². The van der Waals surface area contributed by atoms with E-state index < -0.39 is 47.0 Å². The minimum atomic E-state index is -1.17. The lowest BCUT2D eigenvalue weighted by Crippen LogP contribution is -2.59. The Labute approximate surface area is 244 Å². The molecule has 2 aliphatic heterocycles. The van der Waals surface area contributed by atoms with Crippen molar-refractivity contribution in [1.82, 2.24) is 0 Å². The highest BCUT2D eigenvalue weighted by molar-refractivity contribution is 5.91. The Morgan fingerprint density at radius 3 is 1.90 bits per heavy atom. The maximum atomic E-state index is 13.1. The minimum Gasteiger partial charge on any atom is -0.496 e. The van der Waals surface area contributed by atoms with Crippen molar-refractivity contribution in [1.29, 1.82) is 0 Å². The van der Waals surface area contributed by atoms with Crippen LogP contribution in [0.5, 0.6) is 28.7 Å². The summed E-state index contributed by atoms with van der Waals surface area (Å²) in [6.07, 6.45) is 0.247. The van der Waals surface area contributed by atoms with Gasteiger partial charge in [0, 0.05) is 24.5 Å². The predicted octanol–water partition coefficient (Wildman–Crippen LogP) is 2.93. The molecule has 0 amide bonds. The summed E-state index contributed by atoms with van der Waals surface area (Å²) >= 11 is 0. The molecule has 2 heterocycles. The van der Waals surface area contributed by atoms with Crippen molar-refractivity contribution in [3.8, 4) is 28.7 Å². The van der Waals surface area contributed by atoms with E-state index in [2.05, 4.69) is 0 Å². The van der Waals surface area contributed by atoms with Crippen LogP contribution in [0.1, 0.15) is 34.3 Å². The Balaban J connectivity index is 1.47. The number of likely N-dealkylation sites (N-methyl/N-ethyl adjacent to an activating group) is 1. The van der Waals surface area contributed by atoms with Crippen LogP contribution in [0.2, 0.25) is 0 Å². The van der Waals surface area contributed by atoms with E-state index in [0.29, 0.717) is 34.3 Å². The molecule has 2 fully saturated rings. The molecule has 2 aromatic rings. The van der Waals surface area contributed by atoms with Gasteiger partial charge in [-0.3, -0.25) is 0 Å². The van der Waals surface area contributed by atoms with E-state index in [9.17, 15) is 19.9 Å². The van der Waals surface area contributed by atoms with Gasteiger partial charge in [-0.2, -0.15) is 4.65 Å². The average Bonchev–Trinajstić information content (AvgIpc) is 3.06. The van der Waals surface area contributed by atoms with Gasteiger partial charge in [-0.1, -0.05) is 0 Å². The lowest BCUT2D eigenvalue weighted by Gasteiger charge is -2.40. The highest BCUT2D eigenvalue weighted by atomic mass is 16.6. The van der Waals surface area contributed by atoms with Gasteiger partial charge in [0.1, 0.15) is 17.6 Å². The average molecular weight is 589 g/mol. The molecular weight excluding hydrogens is 550 g/mol. The first-order valence-electron chi connectivity index (χ1n) is 13.4. The lowest BCUT2D eigenvalue weighted by atomic mass is 9.99. The van der Waals surface area contributed by atoms with Crippen molar-refractivity contribution >= 4 is 18.0 Å². The number of aliphatic hydroxyl groups is 1. The van der Waals surface area contributed by atoms with E-state index in [-0.39, 0.29) is 18.4 Å². The molecule has 0 spiro atoms. The molecule has 3 unspecified atom stereocenters. The standard InChI is InChI=1S/C30H38NO11/c1-16-22(36-3)12-18(13-23(16)37-4)30(34)41-19-14-20-27(33)28(21(15-19)31(20,2)35)42-26(32)9-8-17-10-24(38-5)29(40-7)25(11-17)39-6/h8-13,19-21,27-28,33,35H,14-15H2,1-7H3/q+1/b9-8+/t19?,20?,21?,27-,28+,31+/m0/s1. The molecule has 0 radical (unpaired) electrons. The predicted molar refractivity (Wildman–Crippen MR) is 149 cm³/mol. The number of aliphatic hydroxyl groups excluding tert-OH is 1. The number of hydrogen-bond donors (Lipinski definition) is 2. The van der Waals surface area contributed by atoms with Crippen molar-refractivity contribution < 1.29 is 57.7 Å². The van der Waals surface area contributed by atoms with Gasteiger partial charge in [-0.25, -0.2) is 14.8 Å². The van der Waals surface area contributed by atoms with Gasteiger partial charge in [0.25, 0.3) is 0 Å². The van der Waals surface area contributed by atoms with Crippen LogP contribution < -0.4 is 23.7 Å². The van der Waals surface area contributed by atoms with E-state index >= 15 is 0 Å². The highest BCUT2D eigenvalue weighted by Crippen LogP contribution is 2.43. The smallest absolute Gasteiger partial charge is 0.338 e. The minimum absolute atomic E-state index is 0.168. The second kappa shape index (κ2) is 12.5. The van der Waals surface area contributed by atoms with Crippen LogP contribution in [0.25, 0.3) is 6.08 Å². The molecule has 2 aromatic carbocycles. The molecule has 2 bridgehead atoms. The van der Waals surface area contributed by atoms with E-state index in [1.165, 1.54) is 47.7 Å². The maximum Gasteiger partial charge on any atom is 0.338 e. The summed E-state index contributed by atoms with van der Waals surface area (Å²) in [4.78, 5) is 25.9. The normalized spacial score (nSPS) is 26.5. The number of fused-ring (bicyclic) bond motifs is 2. The number of esters is 2. The highest BCUT2D eigenvalue weighted by Gasteiger charge is 2.65. The number of carbonyl (C=O) groups is 2. The fourth-order valence-electron chi connectivity index (χ4n) is 5.84. The fourth-order valence-corrected chi connectivity index (χ4v) is 5.84. The summed E-state index contributed by atoms with van der Waals surface area (Å²) in [5, 5.41) is 22.3. The largest absolute Gasteiger partial charge is 0.496 e. The zero-order valence-electron chi connectivity index (χ0n) is 24.8. The number of hydroxylamine groups is 3. The zero-order valence-corrected chi connectivity index (χ0v) is 24.8. The third-order valence-corrected chi connectivity index (χ3v) is 8.07. The van der Waals surface area contributed by atoms with Crippen molar-refractivity contribution in [3.05, 3.63) is 47.0 Å². The van der Waals surface area contributed by atoms with Crippen molar-refractivity contribution in [2.24, 2.45) is 0 Å². The summed E-state index contributed by atoms with van der Waals surface area (Å²) in [6, 6.07) is 5.02. The Morgan fingerprint density at radius 2 is 1.38 bits per heavy atom. The first-order chi connectivity index (χ1) is 20.0. The Bertz CT molecular complexity index is 1300. The summed E-state index contributed by atoms with van der Waals surface area (Å²) < 4.78 is 37.6. The number of quaternary nitrogens is 1. The molecule has 228 valence electrons.